The molecular weight excluding hydrogens is 227 g/mol. The summed E-state index contributed by atoms with van der Waals surface area (Å²) < 4.78 is 12.9. The summed E-state index contributed by atoms with van der Waals surface area (Å²) in [7, 11) is 0. The van der Waals surface area contributed by atoms with Crippen LogP contribution in [0.3, 0.4) is 0 Å². The van der Waals surface area contributed by atoms with Crippen LogP contribution in [0.4, 0.5) is 4.39 Å². The molecule has 0 amide bonds. The lowest BCUT2D eigenvalue weighted by atomic mass is 9.79. The van der Waals surface area contributed by atoms with Crippen molar-refractivity contribution in [3.05, 3.63) is 35.6 Å². The summed E-state index contributed by atoms with van der Waals surface area (Å²) in [6.07, 6.45) is 3.97. The van der Waals surface area contributed by atoms with E-state index in [1.54, 1.807) is 12.1 Å². The van der Waals surface area contributed by atoms with Gasteiger partial charge in [0.25, 0.3) is 0 Å². The Morgan fingerprint density at radius 2 is 2.06 bits per heavy atom. The summed E-state index contributed by atoms with van der Waals surface area (Å²) >= 11 is 0. The van der Waals surface area contributed by atoms with E-state index in [-0.39, 0.29) is 5.82 Å². The lowest BCUT2D eigenvalue weighted by molar-refractivity contribution is 0.0978. The minimum absolute atomic E-state index is 0.145. The van der Waals surface area contributed by atoms with Crippen molar-refractivity contribution in [3.63, 3.8) is 0 Å². The Balaban J connectivity index is 1.64. The van der Waals surface area contributed by atoms with Gasteiger partial charge in [-0.25, -0.2) is 4.39 Å². The van der Waals surface area contributed by atoms with Crippen LogP contribution in [0.25, 0.3) is 0 Å². The van der Waals surface area contributed by atoms with Crippen LogP contribution in [0, 0.1) is 11.2 Å². The fourth-order valence-corrected chi connectivity index (χ4v) is 3.44. The molecule has 1 unspecified atom stereocenters. The van der Waals surface area contributed by atoms with Crippen LogP contribution in [-0.2, 0) is 6.54 Å². The molecule has 1 aromatic rings. The molecule has 1 spiro atoms. The number of hydrogen-bond donors (Lipinski definition) is 1. The molecule has 2 saturated heterocycles. The van der Waals surface area contributed by atoms with Crippen molar-refractivity contribution in [2.75, 3.05) is 26.2 Å². The summed E-state index contributed by atoms with van der Waals surface area (Å²) in [4.78, 5) is 2.53. The molecule has 1 N–H and O–H groups in total. The molecule has 0 aromatic heterocycles. The van der Waals surface area contributed by atoms with Gasteiger partial charge in [-0.15, -0.1) is 0 Å². The topological polar surface area (TPSA) is 15.3 Å². The number of rotatable bonds is 2. The molecule has 2 nitrogen and oxygen atoms in total. The highest BCUT2D eigenvalue weighted by Gasteiger charge is 2.37. The maximum atomic E-state index is 12.9. The average Bonchev–Trinajstić information content (AvgIpc) is 2.80. The van der Waals surface area contributed by atoms with Crippen molar-refractivity contribution in [2.24, 2.45) is 5.41 Å². The van der Waals surface area contributed by atoms with E-state index in [1.165, 1.54) is 51.0 Å². The van der Waals surface area contributed by atoms with E-state index < -0.39 is 0 Å². The summed E-state index contributed by atoms with van der Waals surface area (Å²) in [6, 6.07) is 6.94. The summed E-state index contributed by atoms with van der Waals surface area (Å²) in [6.45, 7) is 5.68. The number of piperidine rings is 1. The number of hydrogen-bond acceptors (Lipinski definition) is 2. The lowest BCUT2D eigenvalue weighted by Crippen LogP contribution is -2.43. The monoisotopic (exact) mass is 248 g/mol. The predicted octanol–water partition coefficient (Wildman–Crippen LogP) is 2.40. The summed E-state index contributed by atoms with van der Waals surface area (Å²) in [5.41, 5.74) is 1.73. The SMILES string of the molecule is Fc1ccc(CN2CCCC3(CCNC3)C2)cc1. The van der Waals surface area contributed by atoms with Crippen molar-refractivity contribution in [3.8, 4) is 0 Å². The molecule has 2 aliphatic heterocycles. The molecule has 0 bridgehead atoms. The number of benzene rings is 1. The third-order valence-corrected chi connectivity index (χ3v) is 4.39. The predicted molar refractivity (Wildman–Crippen MR) is 70.8 cm³/mol. The Hall–Kier alpha value is -0.930. The Kier molecular flexibility index (Phi) is 3.35. The summed E-state index contributed by atoms with van der Waals surface area (Å²) in [5.74, 6) is -0.145. The molecule has 0 saturated carbocycles. The first kappa shape index (κ1) is 12.1. The van der Waals surface area contributed by atoms with Crippen LogP contribution in [0.2, 0.25) is 0 Å². The van der Waals surface area contributed by atoms with Gasteiger partial charge in [0.05, 0.1) is 0 Å². The average molecular weight is 248 g/mol. The zero-order valence-electron chi connectivity index (χ0n) is 10.8. The van der Waals surface area contributed by atoms with E-state index >= 15 is 0 Å². The summed E-state index contributed by atoms with van der Waals surface area (Å²) in [5, 5.41) is 3.50. The highest BCUT2D eigenvalue weighted by atomic mass is 19.1. The zero-order chi connectivity index (χ0) is 12.4. The van der Waals surface area contributed by atoms with Crippen LogP contribution in [0.5, 0.6) is 0 Å². The van der Waals surface area contributed by atoms with E-state index in [1.807, 2.05) is 12.1 Å². The Morgan fingerprint density at radius 3 is 2.78 bits per heavy atom. The van der Waals surface area contributed by atoms with Crippen molar-refractivity contribution in [1.82, 2.24) is 10.2 Å². The Labute approximate surface area is 108 Å². The molecule has 2 fully saturated rings. The second-order valence-corrected chi connectivity index (χ2v) is 5.87. The van der Waals surface area contributed by atoms with E-state index in [9.17, 15) is 4.39 Å². The third kappa shape index (κ3) is 2.57. The van der Waals surface area contributed by atoms with Crippen LogP contribution >= 0.6 is 0 Å². The normalized spacial score (nSPS) is 28.9. The maximum Gasteiger partial charge on any atom is 0.123 e. The standard InChI is InChI=1S/C15H21FN2/c16-14-4-2-13(3-5-14)10-18-9-1-6-15(12-18)7-8-17-11-15/h2-5,17H,1,6-12H2. The quantitative estimate of drug-likeness (QED) is 0.864. The number of halogens is 1. The van der Waals surface area contributed by atoms with Crippen LogP contribution in [0.15, 0.2) is 24.3 Å². The highest BCUT2D eigenvalue weighted by Crippen LogP contribution is 2.35. The zero-order valence-corrected chi connectivity index (χ0v) is 10.8. The van der Waals surface area contributed by atoms with Crippen molar-refractivity contribution >= 4 is 0 Å². The van der Waals surface area contributed by atoms with Crippen LogP contribution in [-0.4, -0.2) is 31.1 Å². The van der Waals surface area contributed by atoms with Gasteiger partial charge in [0.15, 0.2) is 0 Å². The van der Waals surface area contributed by atoms with Gasteiger partial charge < -0.3 is 5.32 Å². The number of nitrogens with one attached hydrogen (secondary N) is 1. The van der Waals surface area contributed by atoms with E-state index in [2.05, 4.69) is 10.2 Å². The Bertz CT molecular complexity index is 395. The van der Waals surface area contributed by atoms with Crippen molar-refractivity contribution in [1.29, 1.82) is 0 Å². The molecule has 3 rings (SSSR count). The minimum Gasteiger partial charge on any atom is -0.316 e. The van der Waals surface area contributed by atoms with E-state index in [0.717, 1.165) is 6.54 Å². The van der Waals surface area contributed by atoms with Gasteiger partial charge >= 0.3 is 0 Å². The maximum absolute atomic E-state index is 12.9. The fourth-order valence-electron chi connectivity index (χ4n) is 3.44. The lowest BCUT2D eigenvalue weighted by Gasteiger charge is -2.40. The molecule has 2 aliphatic rings. The van der Waals surface area contributed by atoms with Gasteiger partial charge in [0, 0.05) is 19.6 Å². The largest absolute Gasteiger partial charge is 0.316 e. The molecule has 18 heavy (non-hydrogen) atoms. The fraction of sp³-hybridized carbons (Fsp3) is 0.600. The molecular formula is C15H21FN2. The van der Waals surface area contributed by atoms with Gasteiger partial charge in [-0.05, 0) is 55.5 Å². The second kappa shape index (κ2) is 4.98. The molecule has 1 atom stereocenters. The first-order chi connectivity index (χ1) is 8.76. The van der Waals surface area contributed by atoms with Gasteiger partial charge in [-0.3, -0.25) is 4.90 Å². The molecule has 2 heterocycles. The van der Waals surface area contributed by atoms with Gasteiger partial charge in [-0.2, -0.15) is 0 Å². The molecule has 0 radical (unpaired) electrons. The first-order valence-electron chi connectivity index (χ1n) is 6.93. The highest BCUT2D eigenvalue weighted by molar-refractivity contribution is 5.16. The first-order valence-corrected chi connectivity index (χ1v) is 6.93. The van der Waals surface area contributed by atoms with Crippen molar-refractivity contribution in [2.45, 2.75) is 25.8 Å². The second-order valence-electron chi connectivity index (χ2n) is 5.87. The van der Waals surface area contributed by atoms with Crippen LogP contribution in [0.1, 0.15) is 24.8 Å². The molecule has 3 heteroatoms. The number of nitrogens with zero attached hydrogens (tertiary/aromatic N) is 1. The van der Waals surface area contributed by atoms with Gasteiger partial charge in [0.1, 0.15) is 5.82 Å². The van der Waals surface area contributed by atoms with E-state index in [4.69, 9.17) is 0 Å². The van der Waals surface area contributed by atoms with E-state index in [0.29, 0.717) is 5.41 Å². The molecule has 0 aliphatic carbocycles. The van der Waals surface area contributed by atoms with Crippen molar-refractivity contribution < 1.29 is 4.39 Å². The smallest absolute Gasteiger partial charge is 0.123 e. The van der Waals surface area contributed by atoms with Crippen LogP contribution < -0.4 is 5.32 Å². The third-order valence-electron chi connectivity index (χ3n) is 4.39. The van der Waals surface area contributed by atoms with Gasteiger partial charge in [0.2, 0.25) is 0 Å². The Morgan fingerprint density at radius 1 is 1.22 bits per heavy atom. The number of likely N-dealkylation sites (tertiary alicyclic amines) is 1. The van der Waals surface area contributed by atoms with Gasteiger partial charge in [-0.1, -0.05) is 12.1 Å². The molecule has 1 aromatic carbocycles. The molecule has 98 valence electrons. The minimum atomic E-state index is -0.145.